The Morgan fingerprint density at radius 1 is 1.45 bits per heavy atom. The summed E-state index contributed by atoms with van der Waals surface area (Å²) in [5.41, 5.74) is 0. The number of nitrogens with zero attached hydrogens (tertiary/aromatic N) is 1. The quantitative estimate of drug-likeness (QED) is 0.630. The van der Waals surface area contributed by atoms with Gasteiger partial charge in [0.1, 0.15) is 6.04 Å². The lowest BCUT2D eigenvalue weighted by Crippen LogP contribution is -2.53. The topological polar surface area (TPSA) is 99.1 Å². The van der Waals surface area contributed by atoms with Crippen molar-refractivity contribution in [2.45, 2.75) is 44.2 Å². The Labute approximate surface area is 118 Å². The highest BCUT2D eigenvalue weighted by molar-refractivity contribution is 5.82. The maximum atomic E-state index is 12.2. The number of rotatable bonds is 7. The van der Waals surface area contributed by atoms with E-state index in [4.69, 9.17) is 14.9 Å². The Balaban J connectivity index is 2.58. The van der Waals surface area contributed by atoms with Crippen LogP contribution in [0.2, 0.25) is 0 Å². The number of hydrogen-bond acceptors (Lipinski definition) is 4. The van der Waals surface area contributed by atoms with Gasteiger partial charge in [0.25, 0.3) is 0 Å². The third-order valence-corrected chi connectivity index (χ3v) is 3.56. The number of likely N-dealkylation sites (tertiary alicyclic amines) is 1. The van der Waals surface area contributed by atoms with Gasteiger partial charge in [-0.25, -0.2) is 9.59 Å². The van der Waals surface area contributed by atoms with E-state index in [9.17, 15) is 9.59 Å². The molecule has 0 aromatic carbocycles. The standard InChI is InChI=1S/C13H24N2O5/c1-20-9-6-11(12(17)18)14-13(19)15-7-3-2-4-10(15)5-8-16/h10-11,16H,2-9H2,1H3,(H,14,19)(H,17,18). The number of piperidine rings is 1. The molecule has 1 heterocycles. The molecule has 0 bridgehead atoms. The molecule has 0 aromatic rings. The van der Waals surface area contributed by atoms with Crippen molar-refractivity contribution in [3.63, 3.8) is 0 Å². The van der Waals surface area contributed by atoms with Crippen molar-refractivity contribution in [3.8, 4) is 0 Å². The number of carboxylic acid groups (broad SMARTS) is 1. The minimum absolute atomic E-state index is 0.00869. The van der Waals surface area contributed by atoms with Gasteiger partial charge in [0.15, 0.2) is 0 Å². The summed E-state index contributed by atoms with van der Waals surface area (Å²) in [6.07, 6.45) is 3.55. The van der Waals surface area contributed by atoms with Gasteiger partial charge in [-0.2, -0.15) is 0 Å². The summed E-state index contributed by atoms with van der Waals surface area (Å²) >= 11 is 0. The van der Waals surface area contributed by atoms with E-state index in [0.717, 1.165) is 19.3 Å². The average Bonchev–Trinajstić information content (AvgIpc) is 2.43. The molecule has 2 amide bonds. The zero-order valence-corrected chi connectivity index (χ0v) is 11.9. The highest BCUT2D eigenvalue weighted by atomic mass is 16.5. The van der Waals surface area contributed by atoms with E-state index in [2.05, 4.69) is 5.32 Å². The predicted molar refractivity (Wildman–Crippen MR) is 72.5 cm³/mol. The summed E-state index contributed by atoms with van der Waals surface area (Å²) in [6.45, 7) is 0.908. The summed E-state index contributed by atoms with van der Waals surface area (Å²) in [6, 6.07) is -1.32. The van der Waals surface area contributed by atoms with Crippen molar-refractivity contribution in [2.75, 3.05) is 26.9 Å². The molecule has 7 nitrogen and oxygen atoms in total. The Morgan fingerprint density at radius 2 is 2.20 bits per heavy atom. The van der Waals surface area contributed by atoms with Gasteiger partial charge in [-0.1, -0.05) is 0 Å². The van der Waals surface area contributed by atoms with Crippen LogP contribution >= 0.6 is 0 Å². The van der Waals surface area contributed by atoms with Gasteiger partial charge in [-0.15, -0.1) is 0 Å². The number of aliphatic hydroxyl groups is 1. The number of aliphatic hydroxyl groups excluding tert-OH is 1. The number of carboxylic acids is 1. The number of nitrogens with one attached hydrogen (secondary N) is 1. The summed E-state index contributed by atoms with van der Waals surface area (Å²) in [4.78, 5) is 24.9. The maximum absolute atomic E-state index is 12.2. The Bertz CT molecular complexity index is 322. The minimum atomic E-state index is -1.06. The van der Waals surface area contributed by atoms with Crippen molar-refractivity contribution in [2.24, 2.45) is 0 Å². The third kappa shape index (κ3) is 4.97. The van der Waals surface area contributed by atoms with Crippen molar-refractivity contribution in [1.29, 1.82) is 0 Å². The first-order chi connectivity index (χ1) is 9.60. The van der Waals surface area contributed by atoms with Crippen molar-refractivity contribution in [1.82, 2.24) is 10.2 Å². The van der Waals surface area contributed by atoms with Gasteiger partial charge < -0.3 is 25.2 Å². The number of carbonyl (C=O) groups is 2. The molecule has 0 spiro atoms. The number of urea groups is 1. The van der Waals surface area contributed by atoms with E-state index in [0.29, 0.717) is 13.0 Å². The molecular weight excluding hydrogens is 264 g/mol. The normalized spacial score (nSPS) is 20.5. The Morgan fingerprint density at radius 3 is 2.80 bits per heavy atom. The Hall–Kier alpha value is -1.34. The molecule has 2 atom stereocenters. The molecule has 1 rings (SSSR count). The maximum Gasteiger partial charge on any atom is 0.326 e. The molecule has 2 unspecified atom stereocenters. The van der Waals surface area contributed by atoms with E-state index < -0.39 is 12.0 Å². The second kappa shape index (κ2) is 8.76. The molecule has 1 aliphatic heterocycles. The van der Waals surface area contributed by atoms with Gasteiger partial charge in [-0.3, -0.25) is 0 Å². The lowest BCUT2D eigenvalue weighted by atomic mass is 10.00. The first-order valence-electron chi connectivity index (χ1n) is 7.00. The second-order valence-electron chi connectivity index (χ2n) is 4.98. The highest BCUT2D eigenvalue weighted by Crippen LogP contribution is 2.19. The van der Waals surface area contributed by atoms with E-state index in [1.807, 2.05) is 0 Å². The molecule has 1 saturated heterocycles. The first-order valence-corrected chi connectivity index (χ1v) is 7.00. The van der Waals surface area contributed by atoms with Crippen LogP contribution in [0.3, 0.4) is 0 Å². The third-order valence-electron chi connectivity index (χ3n) is 3.56. The first kappa shape index (κ1) is 16.7. The van der Waals surface area contributed by atoms with Crippen molar-refractivity contribution < 1.29 is 24.5 Å². The average molecular weight is 288 g/mol. The van der Waals surface area contributed by atoms with E-state index in [1.165, 1.54) is 7.11 Å². The van der Waals surface area contributed by atoms with E-state index >= 15 is 0 Å². The van der Waals surface area contributed by atoms with Crippen LogP contribution in [0.1, 0.15) is 32.1 Å². The lowest BCUT2D eigenvalue weighted by molar-refractivity contribution is -0.139. The molecule has 3 N–H and O–H groups in total. The second-order valence-corrected chi connectivity index (χ2v) is 4.98. The van der Waals surface area contributed by atoms with Crippen LogP contribution in [0.25, 0.3) is 0 Å². The number of methoxy groups -OCH3 is 1. The molecule has 1 fully saturated rings. The molecule has 20 heavy (non-hydrogen) atoms. The van der Waals surface area contributed by atoms with Gasteiger partial charge in [0.05, 0.1) is 0 Å². The van der Waals surface area contributed by atoms with Crippen LogP contribution in [0.15, 0.2) is 0 Å². The number of ether oxygens (including phenoxy) is 1. The zero-order valence-electron chi connectivity index (χ0n) is 11.9. The molecule has 0 radical (unpaired) electrons. The van der Waals surface area contributed by atoms with Gasteiger partial charge in [-0.05, 0) is 25.7 Å². The van der Waals surface area contributed by atoms with Gasteiger partial charge >= 0.3 is 12.0 Å². The smallest absolute Gasteiger partial charge is 0.326 e. The molecule has 1 aliphatic rings. The fraction of sp³-hybridized carbons (Fsp3) is 0.846. The van der Waals surface area contributed by atoms with Crippen LogP contribution in [0.4, 0.5) is 4.79 Å². The van der Waals surface area contributed by atoms with E-state index in [-0.39, 0.29) is 31.7 Å². The van der Waals surface area contributed by atoms with Crippen molar-refractivity contribution >= 4 is 12.0 Å². The molecule has 0 aromatic heterocycles. The molecule has 116 valence electrons. The van der Waals surface area contributed by atoms with E-state index in [1.54, 1.807) is 4.90 Å². The van der Waals surface area contributed by atoms with Crippen LogP contribution in [-0.2, 0) is 9.53 Å². The number of aliphatic carboxylic acids is 1. The number of amides is 2. The zero-order chi connectivity index (χ0) is 15.0. The summed E-state index contributed by atoms with van der Waals surface area (Å²) in [7, 11) is 1.49. The van der Waals surface area contributed by atoms with Crippen LogP contribution in [0, 0.1) is 0 Å². The molecular formula is C13H24N2O5. The fourth-order valence-corrected chi connectivity index (χ4v) is 2.44. The fourth-order valence-electron chi connectivity index (χ4n) is 2.44. The summed E-state index contributed by atoms with van der Waals surface area (Å²) in [5, 5.41) is 20.7. The van der Waals surface area contributed by atoms with Crippen LogP contribution < -0.4 is 5.32 Å². The van der Waals surface area contributed by atoms with Crippen LogP contribution in [-0.4, -0.2) is 66.1 Å². The summed E-state index contributed by atoms with van der Waals surface area (Å²) < 4.78 is 4.85. The SMILES string of the molecule is COCCC(NC(=O)N1CCCCC1CCO)C(=O)O. The van der Waals surface area contributed by atoms with Crippen LogP contribution in [0.5, 0.6) is 0 Å². The van der Waals surface area contributed by atoms with Gasteiger partial charge in [0.2, 0.25) is 0 Å². The minimum Gasteiger partial charge on any atom is -0.480 e. The number of carbonyl (C=O) groups excluding carboxylic acids is 1. The lowest BCUT2D eigenvalue weighted by Gasteiger charge is -2.36. The molecule has 0 aliphatic carbocycles. The summed E-state index contributed by atoms with van der Waals surface area (Å²) in [5.74, 6) is -1.06. The predicted octanol–water partition coefficient (Wildman–Crippen LogP) is 0.423. The highest BCUT2D eigenvalue weighted by Gasteiger charge is 2.29. The van der Waals surface area contributed by atoms with Crippen molar-refractivity contribution in [3.05, 3.63) is 0 Å². The molecule has 0 saturated carbocycles. The monoisotopic (exact) mass is 288 g/mol. The molecule has 7 heteroatoms. The number of hydrogen-bond donors (Lipinski definition) is 3. The van der Waals surface area contributed by atoms with Gasteiger partial charge in [0, 0.05) is 39.3 Å². The largest absolute Gasteiger partial charge is 0.480 e. The Kier molecular flexibility index (Phi) is 7.32.